The van der Waals surface area contributed by atoms with Gasteiger partial charge in [-0.3, -0.25) is 19.3 Å². The molecule has 0 saturated heterocycles. The van der Waals surface area contributed by atoms with Crippen molar-refractivity contribution in [2.75, 3.05) is 6.54 Å². The van der Waals surface area contributed by atoms with E-state index in [0.717, 1.165) is 11.6 Å². The number of carbonyl (C=O) groups excluding carboxylic acids is 3. The molecular weight excluding hydrogens is 449 g/mol. The van der Waals surface area contributed by atoms with Crippen molar-refractivity contribution >= 4 is 23.7 Å². The fourth-order valence-corrected chi connectivity index (χ4v) is 3.87. The molecule has 1 heterocycles. The van der Waals surface area contributed by atoms with Gasteiger partial charge in [0.15, 0.2) is 5.96 Å². The van der Waals surface area contributed by atoms with E-state index in [4.69, 9.17) is 5.73 Å². The average molecular weight is 482 g/mol. The van der Waals surface area contributed by atoms with Gasteiger partial charge in [-0.15, -0.1) is 0 Å². The zero-order valence-corrected chi connectivity index (χ0v) is 20.5. The molecule has 9 heteroatoms. The molecule has 3 rings (SSSR count). The molecule has 35 heavy (non-hydrogen) atoms. The molecule has 2 atom stereocenters. The van der Waals surface area contributed by atoms with Crippen LogP contribution < -0.4 is 16.4 Å². The summed E-state index contributed by atoms with van der Waals surface area (Å²) in [6, 6.07) is 12.6. The van der Waals surface area contributed by atoms with E-state index in [9.17, 15) is 18.8 Å². The lowest BCUT2D eigenvalue weighted by Crippen LogP contribution is -2.51. The largest absolute Gasteiger partial charge is 0.369 e. The SMILES string of the molecule is CC(=O)NC[C@H](NC(=O)c1cc(F)cc(CN2C(=O)C[C@@](C)(C(C)C)N=C2N)c1)c1ccccc1. The van der Waals surface area contributed by atoms with E-state index in [1.54, 1.807) is 0 Å². The first-order valence-electron chi connectivity index (χ1n) is 11.5. The van der Waals surface area contributed by atoms with Crippen molar-refractivity contribution in [3.05, 3.63) is 71.0 Å². The van der Waals surface area contributed by atoms with Gasteiger partial charge in [0, 0.05) is 19.0 Å². The topological polar surface area (TPSA) is 117 Å². The summed E-state index contributed by atoms with van der Waals surface area (Å²) >= 11 is 0. The Balaban J connectivity index is 1.81. The Morgan fingerprint density at radius 1 is 1.20 bits per heavy atom. The van der Waals surface area contributed by atoms with Crippen LogP contribution >= 0.6 is 0 Å². The van der Waals surface area contributed by atoms with Crippen LogP contribution in [0.4, 0.5) is 4.39 Å². The Morgan fingerprint density at radius 2 is 1.89 bits per heavy atom. The Bertz CT molecular complexity index is 1140. The quantitative estimate of drug-likeness (QED) is 0.537. The summed E-state index contributed by atoms with van der Waals surface area (Å²) in [6.07, 6.45) is 0.190. The van der Waals surface area contributed by atoms with E-state index in [-0.39, 0.29) is 48.8 Å². The minimum atomic E-state index is -0.613. The van der Waals surface area contributed by atoms with Crippen LogP contribution in [0.25, 0.3) is 0 Å². The molecule has 0 radical (unpaired) electrons. The van der Waals surface area contributed by atoms with Crippen LogP contribution in [0.15, 0.2) is 53.5 Å². The lowest BCUT2D eigenvalue weighted by Gasteiger charge is -2.37. The van der Waals surface area contributed by atoms with Crippen molar-refractivity contribution in [3.8, 4) is 0 Å². The lowest BCUT2D eigenvalue weighted by atomic mass is 9.84. The maximum absolute atomic E-state index is 14.5. The number of guanidine groups is 1. The fourth-order valence-electron chi connectivity index (χ4n) is 3.87. The minimum Gasteiger partial charge on any atom is -0.369 e. The first kappa shape index (κ1) is 25.9. The summed E-state index contributed by atoms with van der Waals surface area (Å²) in [6.45, 7) is 7.40. The van der Waals surface area contributed by atoms with Gasteiger partial charge in [0.05, 0.1) is 24.5 Å². The van der Waals surface area contributed by atoms with Gasteiger partial charge in [0.1, 0.15) is 5.82 Å². The van der Waals surface area contributed by atoms with Crippen molar-refractivity contribution in [2.24, 2.45) is 16.6 Å². The highest BCUT2D eigenvalue weighted by Crippen LogP contribution is 2.30. The number of nitrogens with one attached hydrogen (secondary N) is 2. The molecule has 0 bridgehead atoms. The van der Waals surface area contributed by atoms with Gasteiger partial charge >= 0.3 is 0 Å². The second-order valence-corrected chi connectivity index (χ2v) is 9.36. The highest BCUT2D eigenvalue weighted by molar-refractivity contribution is 5.99. The number of hydrogen-bond donors (Lipinski definition) is 3. The Labute approximate surface area is 204 Å². The zero-order chi connectivity index (χ0) is 25.8. The highest BCUT2D eigenvalue weighted by atomic mass is 19.1. The van der Waals surface area contributed by atoms with Crippen LogP contribution in [0.3, 0.4) is 0 Å². The van der Waals surface area contributed by atoms with Gasteiger partial charge in [-0.25, -0.2) is 9.38 Å². The molecule has 0 saturated carbocycles. The lowest BCUT2D eigenvalue weighted by molar-refractivity contribution is -0.130. The van der Waals surface area contributed by atoms with Gasteiger partial charge in [0.25, 0.3) is 5.91 Å². The number of rotatable bonds is 8. The average Bonchev–Trinajstić information content (AvgIpc) is 2.79. The molecular formula is C26H32FN5O3. The van der Waals surface area contributed by atoms with Gasteiger partial charge in [-0.1, -0.05) is 44.2 Å². The number of hydrogen-bond acceptors (Lipinski definition) is 5. The van der Waals surface area contributed by atoms with E-state index >= 15 is 0 Å². The Hall–Kier alpha value is -3.75. The predicted molar refractivity (Wildman–Crippen MR) is 132 cm³/mol. The molecule has 0 aromatic heterocycles. The number of halogens is 1. The zero-order valence-electron chi connectivity index (χ0n) is 20.5. The first-order chi connectivity index (χ1) is 16.5. The van der Waals surface area contributed by atoms with Gasteiger partial charge < -0.3 is 16.4 Å². The Kier molecular flexibility index (Phi) is 7.89. The number of aliphatic imine (C=N–C) groups is 1. The second kappa shape index (κ2) is 10.7. The summed E-state index contributed by atoms with van der Waals surface area (Å²) in [5.74, 6) is -1.36. The molecule has 8 nitrogen and oxygen atoms in total. The number of benzene rings is 2. The molecule has 4 N–H and O–H groups in total. The molecule has 186 valence electrons. The van der Waals surface area contributed by atoms with Gasteiger partial charge in [-0.05, 0) is 42.2 Å². The number of nitrogens with two attached hydrogens (primary N) is 1. The third-order valence-corrected chi connectivity index (χ3v) is 6.32. The van der Waals surface area contributed by atoms with E-state index in [2.05, 4.69) is 15.6 Å². The summed E-state index contributed by atoms with van der Waals surface area (Å²) < 4.78 is 14.5. The summed E-state index contributed by atoms with van der Waals surface area (Å²) in [5.41, 5.74) is 6.81. The second-order valence-electron chi connectivity index (χ2n) is 9.36. The van der Waals surface area contributed by atoms with Crippen molar-refractivity contribution in [1.82, 2.24) is 15.5 Å². The third kappa shape index (κ3) is 6.44. The number of nitrogens with zero attached hydrogens (tertiary/aromatic N) is 2. The van der Waals surface area contributed by atoms with Gasteiger partial charge in [0.2, 0.25) is 11.8 Å². The van der Waals surface area contributed by atoms with Crippen LogP contribution in [0.5, 0.6) is 0 Å². The van der Waals surface area contributed by atoms with Crippen molar-refractivity contribution < 1.29 is 18.8 Å². The number of amides is 3. The van der Waals surface area contributed by atoms with Crippen LogP contribution in [0.2, 0.25) is 0 Å². The van der Waals surface area contributed by atoms with Crippen LogP contribution in [0.1, 0.15) is 61.6 Å². The highest BCUT2D eigenvalue weighted by Gasteiger charge is 2.38. The van der Waals surface area contributed by atoms with Crippen LogP contribution in [-0.4, -0.2) is 40.7 Å². The molecule has 1 aliphatic heterocycles. The number of carbonyl (C=O) groups is 3. The summed E-state index contributed by atoms with van der Waals surface area (Å²) in [5, 5.41) is 5.56. The first-order valence-corrected chi connectivity index (χ1v) is 11.5. The molecule has 0 fully saturated rings. The third-order valence-electron chi connectivity index (χ3n) is 6.32. The molecule has 0 spiro atoms. The van der Waals surface area contributed by atoms with Crippen molar-refractivity contribution in [1.29, 1.82) is 0 Å². The smallest absolute Gasteiger partial charge is 0.251 e. The Morgan fingerprint density at radius 3 is 2.49 bits per heavy atom. The molecule has 1 aliphatic rings. The van der Waals surface area contributed by atoms with E-state index in [0.29, 0.717) is 5.56 Å². The predicted octanol–water partition coefficient (Wildman–Crippen LogP) is 2.89. The fraction of sp³-hybridized carbons (Fsp3) is 0.385. The van der Waals surface area contributed by atoms with E-state index < -0.39 is 23.3 Å². The van der Waals surface area contributed by atoms with E-state index in [1.165, 1.54) is 24.0 Å². The maximum Gasteiger partial charge on any atom is 0.251 e. The van der Waals surface area contributed by atoms with Crippen LogP contribution in [-0.2, 0) is 16.1 Å². The van der Waals surface area contributed by atoms with Crippen molar-refractivity contribution in [3.63, 3.8) is 0 Å². The molecule has 3 amide bonds. The molecule has 0 aliphatic carbocycles. The maximum atomic E-state index is 14.5. The standard InChI is InChI=1S/C26H32FN5O3/c1-16(2)26(4)13-23(34)32(25(28)31-26)15-18-10-20(12-21(27)11-18)24(35)30-22(14-29-17(3)33)19-8-6-5-7-9-19/h5-12,16,22H,13-15H2,1-4H3,(H2,28,31)(H,29,33)(H,30,35)/t22-,26-/m0/s1. The summed E-state index contributed by atoms with van der Waals surface area (Å²) in [4.78, 5) is 43.1. The van der Waals surface area contributed by atoms with Crippen molar-refractivity contribution in [2.45, 2.75) is 52.2 Å². The monoisotopic (exact) mass is 481 g/mol. The minimum absolute atomic E-state index is 0.00557. The summed E-state index contributed by atoms with van der Waals surface area (Å²) in [7, 11) is 0. The van der Waals surface area contributed by atoms with E-state index in [1.807, 2.05) is 51.1 Å². The normalized spacial score (nSPS) is 18.7. The van der Waals surface area contributed by atoms with Gasteiger partial charge in [-0.2, -0.15) is 0 Å². The molecule has 0 unspecified atom stereocenters. The van der Waals surface area contributed by atoms with Crippen LogP contribution in [0, 0.1) is 11.7 Å². The molecule has 2 aromatic rings. The molecule has 2 aromatic carbocycles.